The van der Waals surface area contributed by atoms with Crippen LogP contribution in [0.2, 0.25) is 0 Å². The van der Waals surface area contributed by atoms with Crippen LogP contribution in [0.5, 0.6) is 11.5 Å². The molecule has 0 aromatic heterocycles. The summed E-state index contributed by atoms with van der Waals surface area (Å²) < 4.78 is 11.1. The molecule has 0 fully saturated rings. The highest BCUT2D eigenvalue weighted by Crippen LogP contribution is 2.22. The number of hydrogen-bond donors (Lipinski definition) is 1. The molecule has 134 valence electrons. The Morgan fingerprint density at radius 2 is 1.84 bits per heavy atom. The second-order valence-corrected chi connectivity index (χ2v) is 6.28. The van der Waals surface area contributed by atoms with Gasteiger partial charge in [0.1, 0.15) is 11.5 Å². The van der Waals surface area contributed by atoms with Gasteiger partial charge in [-0.05, 0) is 50.5 Å². The van der Waals surface area contributed by atoms with E-state index in [0.717, 1.165) is 5.56 Å². The Morgan fingerprint density at radius 3 is 2.52 bits per heavy atom. The molecule has 0 radical (unpaired) electrons. The van der Waals surface area contributed by atoms with Crippen LogP contribution in [0.1, 0.15) is 43.0 Å². The summed E-state index contributed by atoms with van der Waals surface area (Å²) in [6, 6.07) is 13.5. The first kappa shape index (κ1) is 18.8. The molecule has 4 heteroatoms. The van der Waals surface area contributed by atoms with Crippen molar-refractivity contribution in [1.82, 2.24) is 5.32 Å². The highest BCUT2D eigenvalue weighted by atomic mass is 16.5. The minimum absolute atomic E-state index is 0.0737. The molecule has 0 bridgehead atoms. The average Bonchev–Trinajstić information content (AvgIpc) is 2.61. The summed E-state index contributed by atoms with van der Waals surface area (Å²) >= 11 is 0. The Hall–Kier alpha value is -2.49. The molecule has 0 aliphatic carbocycles. The van der Waals surface area contributed by atoms with Crippen LogP contribution in [0.4, 0.5) is 0 Å². The van der Waals surface area contributed by atoms with E-state index in [4.69, 9.17) is 9.47 Å². The molecule has 0 saturated carbocycles. The number of aryl methyl sites for hydroxylation is 2. The smallest absolute Gasteiger partial charge is 0.261 e. The highest BCUT2D eigenvalue weighted by Gasteiger charge is 2.21. The molecular formula is C21H27NO3. The van der Waals surface area contributed by atoms with Crippen LogP contribution in [-0.2, 0) is 4.79 Å². The van der Waals surface area contributed by atoms with E-state index in [1.807, 2.05) is 32.0 Å². The zero-order valence-corrected chi connectivity index (χ0v) is 15.6. The Morgan fingerprint density at radius 1 is 1.12 bits per heavy atom. The van der Waals surface area contributed by atoms with Crippen LogP contribution >= 0.6 is 0 Å². The van der Waals surface area contributed by atoms with Crippen LogP contribution in [0.25, 0.3) is 0 Å². The van der Waals surface area contributed by atoms with Gasteiger partial charge in [-0.1, -0.05) is 36.8 Å². The second-order valence-electron chi connectivity index (χ2n) is 6.28. The maximum absolute atomic E-state index is 12.6. The summed E-state index contributed by atoms with van der Waals surface area (Å²) in [6.45, 7) is 8.05. The highest BCUT2D eigenvalue weighted by molar-refractivity contribution is 5.81. The van der Waals surface area contributed by atoms with Crippen LogP contribution in [0.15, 0.2) is 42.5 Å². The summed E-state index contributed by atoms with van der Waals surface area (Å²) in [4.78, 5) is 12.6. The third-order valence-corrected chi connectivity index (χ3v) is 4.24. The third-order valence-electron chi connectivity index (χ3n) is 4.24. The first-order chi connectivity index (χ1) is 11.9. The lowest BCUT2D eigenvalue weighted by atomic mass is 10.00. The molecule has 0 aliphatic rings. The second kappa shape index (κ2) is 8.56. The maximum Gasteiger partial charge on any atom is 0.261 e. The van der Waals surface area contributed by atoms with Gasteiger partial charge in [-0.15, -0.1) is 0 Å². The van der Waals surface area contributed by atoms with E-state index in [0.29, 0.717) is 17.9 Å². The summed E-state index contributed by atoms with van der Waals surface area (Å²) in [5.41, 5.74) is 3.48. The van der Waals surface area contributed by atoms with E-state index in [2.05, 4.69) is 37.4 Å². The van der Waals surface area contributed by atoms with Gasteiger partial charge in [-0.3, -0.25) is 4.79 Å². The summed E-state index contributed by atoms with van der Waals surface area (Å²) in [5.74, 6) is 1.22. The number of benzene rings is 2. The molecule has 25 heavy (non-hydrogen) atoms. The van der Waals surface area contributed by atoms with E-state index in [1.54, 1.807) is 13.2 Å². The van der Waals surface area contributed by atoms with Gasteiger partial charge in [0.2, 0.25) is 0 Å². The van der Waals surface area contributed by atoms with Gasteiger partial charge in [0.15, 0.2) is 6.10 Å². The van der Waals surface area contributed by atoms with Crippen LogP contribution in [-0.4, -0.2) is 19.1 Å². The van der Waals surface area contributed by atoms with Crippen molar-refractivity contribution in [2.75, 3.05) is 7.11 Å². The zero-order chi connectivity index (χ0) is 18.4. The van der Waals surface area contributed by atoms with Crippen molar-refractivity contribution in [1.29, 1.82) is 0 Å². The largest absolute Gasteiger partial charge is 0.497 e. The first-order valence-corrected chi connectivity index (χ1v) is 8.62. The van der Waals surface area contributed by atoms with E-state index in [9.17, 15) is 4.79 Å². The number of methoxy groups -OCH3 is 1. The van der Waals surface area contributed by atoms with E-state index >= 15 is 0 Å². The van der Waals surface area contributed by atoms with Gasteiger partial charge in [0.05, 0.1) is 13.2 Å². The van der Waals surface area contributed by atoms with Crippen molar-refractivity contribution < 1.29 is 14.3 Å². The molecule has 2 aromatic carbocycles. The van der Waals surface area contributed by atoms with E-state index in [-0.39, 0.29) is 11.9 Å². The van der Waals surface area contributed by atoms with Crippen molar-refractivity contribution in [3.05, 3.63) is 59.2 Å². The molecular weight excluding hydrogens is 314 g/mol. The maximum atomic E-state index is 12.6. The summed E-state index contributed by atoms with van der Waals surface area (Å²) in [5, 5.41) is 3.07. The number of ether oxygens (including phenoxy) is 2. The van der Waals surface area contributed by atoms with E-state index in [1.165, 1.54) is 11.1 Å². The van der Waals surface area contributed by atoms with Gasteiger partial charge < -0.3 is 14.8 Å². The normalized spacial score (nSPS) is 13.0. The lowest BCUT2D eigenvalue weighted by Crippen LogP contribution is -2.39. The molecule has 1 N–H and O–H groups in total. The van der Waals surface area contributed by atoms with Crippen molar-refractivity contribution in [3.63, 3.8) is 0 Å². The molecule has 2 atom stereocenters. The molecule has 2 aromatic rings. The standard InChI is InChI=1S/C21H27NO3/c1-6-20(25-18-9-7-8-17(13-18)24-5)21(23)22-16(4)19-12-14(2)10-11-15(19)3/h7-13,16,20H,6H2,1-5H3,(H,22,23)/t16-,20-/m1/s1. The average molecular weight is 341 g/mol. The van der Waals surface area contributed by atoms with Crippen LogP contribution in [0, 0.1) is 13.8 Å². The van der Waals surface area contributed by atoms with Crippen molar-refractivity contribution in [2.24, 2.45) is 0 Å². The minimum atomic E-state index is -0.542. The zero-order valence-electron chi connectivity index (χ0n) is 15.6. The predicted molar refractivity (Wildman–Crippen MR) is 100 cm³/mol. The van der Waals surface area contributed by atoms with Crippen molar-refractivity contribution in [2.45, 2.75) is 46.3 Å². The van der Waals surface area contributed by atoms with Crippen LogP contribution in [0.3, 0.4) is 0 Å². The number of nitrogens with one attached hydrogen (secondary N) is 1. The molecule has 0 heterocycles. The number of hydrogen-bond acceptors (Lipinski definition) is 3. The van der Waals surface area contributed by atoms with Gasteiger partial charge in [0.25, 0.3) is 5.91 Å². The van der Waals surface area contributed by atoms with Gasteiger partial charge in [0, 0.05) is 6.07 Å². The third kappa shape index (κ3) is 4.99. The van der Waals surface area contributed by atoms with Crippen LogP contribution < -0.4 is 14.8 Å². The molecule has 0 aliphatic heterocycles. The molecule has 2 rings (SSSR count). The summed E-state index contributed by atoms with van der Waals surface area (Å²) in [6.07, 6.45) is 0.0439. The topological polar surface area (TPSA) is 47.6 Å². The van der Waals surface area contributed by atoms with Gasteiger partial charge in [-0.2, -0.15) is 0 Å². The Labute approximate surface area is 150 Å². The minimum Gasteiger partial charge on any atom is -0.497 e. The van der Waals surface area contributed by atoms with Crippen molar-refractivity contribution >= 4 is 5.91 Å². The lowest BCUT2D eigenvalue weighted by Gasteiger charge is -2.22. The molecule has 1 amide bonds. The molecule has 0 spiro atoms. The Bertz CT molecular complexity index is 727. The number of carbonyl (C=O) groups is 1. The number of amides is 1. The molecule has 4 nitrogen and oxygen atoms in total. The van der Waals surface area contributed by atoms with Gasteiger partial charge >= 0.3 is 0 Å². The fourth-order valence-corrected chi connectivity index (χ4v) is 2.77. The predicted octanol–water partition coefficient (Wildman–Crippen LogP) is 4.35. The van der Waals surface area contributed by atoms with Gasteiger partial charge in [-0.25, -0.2) is 0 Å². The van der Waals surface area contributed by atoms with E-state index < -0.39 is 6.10 Å². The number of carbonyl (C=O) groups excluding carboxylic acids is 1. The quantitative estimate of drug-likeness (QED) is 0.814. The first-order valence-electron chi connectivity index (χ1n) is 8.62. The monoisotopic (exact) mass is 341 g/mol. The fourth-order valence-electron chi connectivity index (χ4n) is 2.77. The fraction of sp³-hybridized carbons (Fsp3) is 0.381. The Kier molecular flexibility index (Phi) is 6.45. The summed E-state index contributed by atoms with van der Waals surface area (Å²) in [7, 11) is 1.61. The van der Waals surface area contributed by atoms with Crippen molar-refractivity contribution in [3.8, 4) is 11.5 Å². The molecule has 0 unspecified atom stereocenters. The SMILES string of the molecule is CC[C@@H](Oc1cccc(OC)c1)C(=O)N[C@H](C)c1cc(C)ccc1C. The Balaban J connectivity index is 2.07. The number of rotatable bonds is 7. The molecule has 0 saturated heterocycles. The lowest BCUT2D eigenvalue weighted by molar-refractivity contribution is -0.128.